The van der Waals surface area contributed by atoms with E-state index in [-0.39, 0.29) is 18.1 Å². The van der Waals surface area contributed by atoms with Gasteiger partial charge in [0.05, 0.1) is 12.1 Å². The normalized spacial score (nSPS) is 11.2. The van der Waals surface area contributed by atoms with E-state index in [9.17, 15) is 18.0 Å². The third-order valence-corrected chi connectivity index (χ3v) is 4.74. The van der Waals surface area contributed by atoms with Gasteiger partial charge in [-0.25, -0.2) is 0 Å². The molecule has 0 saturated carbocycles. The van der Waals surface area contributed by atoms with Crippen molar-refractivity contribution in [1.82, 2.24) is 14.8 Å². The van der Waals surface area contributed by atoms with Crippen LogP contribution in [0.4, 0.5) is 18.9 Å². The van der Waals surface area contributed by atoms with Crippen molar-refractivity contribution in [2.45, 2.75) is 19.3 Å². The minimum Gasteiger partial charge on any atom is -0.489 e. The van der Waals surface area contributed by atoms with Crippen LogP contribution in [0.1, 0.15) is 27.2 Å². The van der Waals surface area contributed by atoms with Crippen molar-refractivity contribution >= 4 is 11.6 Å². The van der Waals surface area contributed by atoms with Crippen LogP contribution in [0.25, 0.3) is 0 Å². The van der Waals surface area contributed by atoms with Crippen molar-refractivity contribution in [3.63, 3.8) is 0 Å². The van der Waals surface area contributed by atoms with E-state index < -0.39 is 17.6 Å². The first kappa shape index (κ1) is 22.1. The van der Waals surface area contributed by atoms with Gasteiger partial charge < -0.3 is 10.1 Å². The molecular formula is C24H19F3N4O2. The van der Waals surface area contributed by atoms with E-state index in [2.05, 4.69) is 15.4 Å². The summed E-state index contributed by atoms with van der Waals surface area (Å²) in [5, 5.41) is 6.94. The summed E-state index contributed by atoms with van der Waals surface area (Å²) >= 11 is 0. The molecule has 2 heterocycles. The molecule has 1 N–H and O–H groups in total. The van der Waals surface area contributed by atoms with Crippen LogP contribution in [0.5, 0.6) is 5.75 Å². The third kappa shape index (κ3) is 5.97. The first-order valence-electron chi connectivity index (χ1n) is 9.99. The Bertz CT molecular complexity index is 1220. The third-order valence-electron chi connectivity index (χ3n) is 4.74. The zero-order valence-electron chi connectivity index (χ0n) is 17.3. The van der Waals surface area contributed by atoms with Gasteiger partial charge >= 0.3 is 6.18 Å². The van der Waals surface area contributed by atoms with E-state index >= 15 is 0 Å². The zero-order chi connectivity index (χ0) is 23.3. The smallest absolute Gasteiger partial charge is 0.416 e. The molecule has 0 radical (unpaired) electrons. The topological polar surface area (TPSA) is 69.0 Å². The molecule has 0 aliphatic carbocycles. The Labute approximate surface area is 187 Å². The highest BCUT2D eigenvalue weighted by Crippen LogP contribution is 2.31. The molecule has 0 aliphatic rings. The Kier molecular flexibility index (Phi) is 6.39. The summed E-state index contributed by atoms with van der Waals surface area (Å²) in [6.45, 7) is 0.614. The number of halogens is 3. The molecule has 2 aromatic heterocycles. The second-order valence-electron chi connectivity index (χ2n) is 7.22. The molecule has 1 amide bonds. The van der Waals surface area contributed by atoms with E-state index in [1.54, 1.807) is 29.1 Å². The van der Waals surface area contributed by atoms with Gasteiger partial charge in [-0.3, -0.25) is 14.5 Å². The predicted octanol–water partition coefficient (Wildman–Crippen LogP) is 5.18. The van der Waals surface area contributed by atoms with Crippen LogP contribution in [0.3, 0.4) is 0 Å². The number of hydrogen-bond acceptors (Lipinski definition) is 4. The van der Waals surface area contributed by atoms with Crippen molar-refractivity contribution in [1.29, 1.82) is 0 Å². The van der Waals surface area contributed by atoms with Crippen molar-refractivity contribution < 1.29 is 22.7 Å². The highest BCUT2D eigenvalue weighted by Gasteiger charge is 2.30. The monoisotopic (exact) mass is 452 g/mol. The summed E-state index contributed by atoms with van der Waals surface area (Å²) in [6.07, 6.45) is 0.580. The maximum Gasteiger partial charge on any atom is 0.416 e. The Hall–Kier alpha value is -4.14. The van der Waals surface area contributed by atoms with Gasteiger partial charge in [-0.2, -0.15) is 18.3 Å². The molecular weight excluding hydrogens is 433 g/mol. The largest absolute Gasteiger partial charge is 0.489 e. The molecule has 0 fully saturated rings. The second-order valence-corrected chi connectivity index (χ2v) is 7.22. The first-order chi connectivity index (χ1) is 15.9. The summed E-state index contributed by atoms with van der Waals surface area (Å²) < 4.78 is 45.8. The molecule has 0 spiro atoms. The van der Waals surface area contributed by atoms with Crippen LogP contribution in [-0.2, 0) is 19.3 Å². The number of ether oxygens (including phenoxy) is 1. The SMILES string of the molecule is O=C(Nc1ccc(Cn2cccn2)cc1)c1cc(COc2cccc(C(F)(F)F)c2)ccn1. The van der Waals surface area contributed by atoms with E-state index in [1.807, 2.05) is 24.4 Å². The number of anilines is 1. The van der Waals surface area contributed by atoms with Crippen LogP contribution < -0.4 is 10.1 Å². The average molecular weight is 452 g/mol. The summed E-state index contributed by atoms with van der Waals surface area (Å²) in [6, 6.07) is 17.0. The summed E-state index contributed by atoms with van der Waals surface area (Å²) in [5.74, 6) is -0.321. The molecule has 33 heavy (non-hydrogen) atoms. The molecule has 0 saturated heterocycles. The fourth-order valence-corrected chi connectivity index (χ4v) is 3.09. The number of aromatic nitrogens is 3. The van der Waals surface area contributed by atoms with Gasteiger partial charge in [0.2, 0.25) is 0 Å². The number of pyridine rings is 1. The number of carbonyl (C=O) groups is 1. The van der Waals surface area contributed by atoms with Gasteiger partial charge in [-0.05, 0) is 59.7 Å². The molecule has 0 aliphatic heterocycles. The van der Waals surface area contributed by atoms with Gasteiger partial charge in [-0.15, -0.1) is 0 Å². The van der Waals surface area contributed by atoms with Crippen molar-refractivity contribution in [3.05, 3.63) is 108 Å². The van der Waals surface area contributed by atoms with Gasteiger partial charge in [0.15, 0.2) is 0 Å². The fraction of sp³-hybridized carbons (Fsp3) is 0.125. The van der Waals surface area contributed by atoms with Gasteiger partial charge in [-0.1, -0.05) is 18.2 Å². The molecule has 4 aromatic rings. The Morgan fingerprint density at radius 2 is 1.79 bits per heavy atom. The van der Waals surface area contributed by atoms with Crippen LogP contribution in [0, 0.1) is 0 Å². The lowest BCUT2D eigenvalue weighted by Crippen LogP contribution is -2.14. The van der Waals surface area contributed by atoms with E-state index in [0.29, 0.717) is 17.8 Å². The van der Waals surface area contributed by atoms with E-state index in [1.165, 1.54) is 24.4 Å². The van der Waals surface area contributed by atoms with Gasteiger partial charge in [0.25, 0.3) is 5.91 Å². The highest BCUT2D eigenvalue weighted by atomic mass is 19.4. The summed E-state index contributed by atoms with van der Waals surface area (Å²) in [5.41, 5.74) is 1.62. The van der Waals surface area contributed by atoms with Gasteiger partial charge in [0.1, 0.15) is 18.1 Å². The van der Waals surface area contributed by atoms with E-state index in [0.717, 1.165) is 17.7 Å². The van der Waals surface area contributed by atoms with Crippen molar-refractivity contribution in [2.75, 3.05) is 5.32 Å². The highest BCUT2D eigenvalue weighted by molar-refractivity contribution is 6.02. The van der Waals surface area contributed by atoms with E-state index in [4.69, 9.17) is 4.74 Å². The van der Waals surface area contributed by atoms with Crippen LogP contribution in [0.2, 0.25) is 0 Å². The molecule has 9 heteroatoms. The van der Waals surface area contributed by atoms with Crippen molar-refractivity contribution in [3.8, 4) is 5.75 Å². The lowest BCUT2D eigenvalue weighted by Gasteiger charge is -2.11. The Morgan fingerprint density at radius 1 is 0.970 bits per heavy atom. The van der Waals surface area contributed by atoms with Crippen LogP contribution in [0.15, 0.2) is 85.3 Å². The van der Waals surface area contributed by atoms with Crippen LogP contribution in [-0.4, -0.2) is 20.7 Å². The first-order valence-corrected chi connectivity index (χ1v) is 9.99. The number of alkyl halides is 3. The van der Waals surface area contributed by atoms with Crippen molar-refractivity contribution in [2.24, 2.45) is 0 Å². The summed E-state index contributed by atoms with van der Waals surface area (Å²) in [4.78, 5) is 16.7. The molecule has 6 nitrogen and oxygen atoms in total. The molecule has 0 bridgehead atoms. The quantitative estimate of drug-likeness (QED) is 0.420. The van der Waals surface area contributed by atoms with Gasteiger partial charge in [0, 0.05) is 24.3 Å². The lowest BCUT2D eigenvalue weighted by atomic mass is 10.2. The number of benzene rings is 2. The molecule has 168 valence electrons. The van der Waals surface area contributed by atoms with Crippen LogP contribution >= 0.6 is 0 Å². The maximum atomic E-state index is 12.8. The zero-order valence-corrected chi connectivity index (χ0v) is 17.3. The second kappa shape index (κ2) is 9.56. The minimum absolute atomic E-state index is 0.00770. The maximum absolute atomic E-state index is 12.8. The number of carbonyl (C=O) groups excluding carboxylic acids is 1. The lowest BCUT2D eigenvalue weighted by molar-refractivity contribution is -0.137. The number of rotatable bonds is 7. The molecule has 4 rings (SSSR count). The Morgan fingerprint density at radius 3 is 2.52 bits per heavy atom. The number of nitrogens with one attached hydrogen (secondary N) is 1. The predicted molar refractivity (Wildman–Crippen MR) is 116 cm³/mol. The summed E-state index contributed by atoms with van der Waals surface area (Å²) in [7, 11) is 0. The molecule has 0 atom stereocenters. The number of hydrogen-bond donors (Lipinski definition) is 1. The minimum atomic E-state index is -4.45. The number of amides is 1. The standard InChI is InChI=1S/C24H19F3N4O2/c25-24(26,27)19-3-1-4-21(14-19)33-16-18-9-11-28-22(13-18)23(32)30-20-7-5-17(6-8-20)15-31-12-2-10-29-31/h1-14H,15-16H2,(H,30,32). The molecule has 0 unspecified atom stereocenters. The Balaban J connectivity index is 1.36. The fourth-order valence-electron chi connectivity index (χ4n) is 3.09. The molecule has 2 aromatic carbocycles. The average Bonchev–Trinajstić information content (AvgIpc) is 3.32. The number of nitrogens with zero attached hydrogens (tertiary/aromatic N) is 3.